The second kappa shape index (κ2) is 11.8. The zero-order valence-corrected chi connectivity index (χ0v) is 23.3. The van der Waals surface area contributed by atoms with E-state index in [1.807, 2.05) is 6.08 Å². The summed E-state index contributed by atoms with van der Waals surface area (Å²) in [5.41, 5.74) is 5.19. The summed E-state index contributed by atoms with van der Waals surface area (Å²) >= 11 is 1.78. The second-order valence-corrected chi connectivity index (χ2v) is 10.8. The smallest absolute Gasteiger partial charge is 0.550 e. The van der Waals surface area contributed by atoms with Crippen LogP contribution in [0.15, 0.2) is 30.3 Å². The molecule has 1 fully saturated rings. The molecular weight excluding hydrogens is 488 g/mol. The normalized spacial score (nSPS) is 17.4. The third-order valence-electron chi connectivity index (χ3n) is 6.92. The number of thiophene rings is 1. The third-order valence-corrected chi connectivity index (χ3v) is 8.10. The van der Waals surface area contributed by atoms with Gasteiger partial charge in [-0.1, -0.05) is 30.7 Å². The molecule has 1 aromatic carbocycles. The first-order chi connectivity index (χ1) is 16.9. The van der Waals surface area contributed by atoms with Gasteiger partial charge < -0.3 is 20.1 Å². The SMILES string of the molecule is O=C([O-])C[C@H](O)C[C@H](O)/C=C/c1c(C2CC2)nc2sc3c(c2c1-c1ccc(F)cc1)CCCCC3.[Na+]. The Bertz CT molecular complexity index is 1270. The molecule has 1 saturated carbocycles. The Labute approximate surface area is 236 Å². The number of aliphatic hydroxyl groups is 2. The summed E-state index contributed by atoms with van der Waals surface area (Å²) < 4.78 is 13.8. The van der Waals surface area contributed by atoms with E-state index in [0.29, 0.717) is 5.92 Å². The van der Waals surface area contributed by atoms with Gasteiger partial charge in [0.15, 0.2) is 0 Å². The van der Waals surface area contributed by atoms with Crippen LogP contribution in [0.4, 0.5) is 4.39 Å². The maximum absolute atomic E-state index is 13.8. The van der Waals surface area contributed by atoms with Crippen LogP contribution in [0, 0.1) is 5.82 Å². The number of carboxylic acid groups (broad SMARTS) is 1. The van der Waals surface area contributed by atoms with Crippen molar-refractivity contribution in [3.63, 3.8) is 0 Å². The molecule has 2 aromatic heterocycles. The predicted molar refractivity (Wildman–Crippen MR) is 134 cm³/mol. The van der Waals surface area contributed by atoms with Crippen molar-refractivity contribution >= 4 is 33.6 Å². The summed E-state index contributed by atoms with van der Waals surface area (Å²) in [5.74, 6) is -1.29. The van der Waals surface area contributed by atoms with Gasteiger partial charge in [-0.15, -0.1) is 11.3 Å². The van der Waals surface area contributed by atoms with Gasteiger partial charge in [0.2, 0.25) is 0 Å². The summed E-state index contributed by atoms with van der Waals surface area (Å²) in [6.45, 7) is 0. The maximum Gasteiger partial charge on any atom is 1.00 e. The Morgan fingerprint density at radius 1 is 1.17 bits per heavy atom. The van der Waals surface area contributed by atoms with Crippen LogP contribution >= 0.6 is 11.3 Å². The van der Waals surface area contributed by atoms with Crippen molar-refractivity contribution in [1.82, 2.24) is 4.98 Å². The Kier molecular flexibility index (Phi) is 9.02. The van der Waals surface area contributed by atoms with Crippen molar-refractivity contribution in [2.45, 2.75) is 75.9 Å². The van der Waals surface area contributed by atoms with Crippen LogP contribution < -0.4 is 34.7 Å². The van der Waals surface area contributed by atoms with Gasteiger partial charge in [-0.3, -0.25) is 0 Å². The van der Waals surface area contributed by atoms with Crippen LogP contribution in [0.2, 0.25) is 0 Å². The monoisotopic (exact) mass is 517 g/mol. The number of carbonyl (C=O) groups is 1. The minimum Gasteiger partial charge on any atom is -0.550 e. The average molecular weight is 518 g/mol. The van der Waals surface area contributed by atoms with Gasteiger partial charge in [0, 0.05) is 46.1 Å². The van der Waals surface area contributed by atoms with Crippen LogP contribution in [0.5, 0.6) is 0 Å². The first-order valence-corrected chi connectivity index (χ1v) is 13.2. The Morgan fingerprint density at radius 2 is 1.89 bits per heavy atom. The molecule has 2 heterocycles. The molecule has 0 amide bonds. The van der Waals surface area contributed by atoms with Crippen LogP contribution in [-0.4, -0.2) is 33.4 Å². The largest absolute Gasteiger partial charge is 1.00 e. The molecule has 8 heteroatoms. The van der Waals surface area contributed by atoms with Crippen LogP contribution in [-0.2, 0) is 17.6 Å². The van der Waals surface area contributed by atoms with Gasteiger partial charge in [0.1, 0.15) is 10.6 Å². The molecule has 0 radical (unpaired) electrons. The molecule has 0 spiro atoms. The van der Waals surface area contributed by atoms with E-state index in [4.69, 9.17) is 4.98 Å². The van der Waals surface area contributed by atoms with E-state index >= 15 is 0 Å². The van der Waals surface area contributed by atoms with Crippen LogP contribution in [0.1, 0.15) is 72.6 Å². The number of benzene rings is 1. The standard InChI is InChI=1S/C28H30FNO4S.Na/c29-18-10-8-16(9-11-18)25-22(13-12-19(31)14-20(32)15-24(33)34)27(17-6-7-17)30-28-26(25)21-4-2-1-3-5-23(21)35-28;/h8-13,17,19-20,31-32H,1-7,14-15H2,(H,33,34);/q;+1/p-1/b13-12+;/t19-,20-;/m1./s1. The molecule has 0 aliphatic heterocycles. The molecule has 184 valence electrons. The van der Waals surface area contributed by atoms with Crippen molar-refractivity contribution in [2.75, 3.05) is 0 Å². The zero-order chi connectivity index (χ0) is 24.5. The minimum atomic E-state index is -1.35. The molecule has 3 aromatic rings. The quantitative estimate of drug-likeness (QED) is 0.349. The topological polar surface area (TPSA) is 93.5 Å². The van der Waals surface area contributed by atoms with Crippen molar-refractivity contribution in [3.8, 4) is 11.1 Å². The average Bonchev–Trinajstić information content (AvgIpc) is 3.62. The molecule has 2 aliphatic carbocycles. The van der Waals surface area contributed by atoms with Crippen LogP contribution in [0.3, 0.4) is 0 Å². The summed E-state index contributed by atoms with van der Waals surface area (Å²) in [4.78, 5) is 18.3. The number of aliphatic carboxylic acids is 1. The van der Waals surface area contributed by atoms with E-state index in [0.717, 1.165) is 64.7 Å². The number of aliphatic hydroxyl groups excluding tert-OH is 2. The number of aromatic nitrogens is 1. The van der Waals surface area contributed by atoms with E-state index in [1.165, 1.54) is 35.4 Å². The fourth-order valence-electron chi connectivity index (χ4n) is 5.09. The fourth-order valence-corrected chi connectivity index (χ4v) is 6.37. The number of aryl methyl sites for hydroxylation is 2. The second-order valence-electron chi connectivity index (χ2n) is 9.70. The number of rotatable bonds is 8. The molecule has 0 saturated heterocycles. The number of carboxylic acids is 1. The summed E-state index contributed by atoms with van der Waals surface area (Å²) in [6.07, 6.45) is 8.30. The number of hydrogen-bond donors (Lipinski definition) is 2. The van der Waals surface area contributed by atoms with E-state index in [1.54, 1.807) is 29.5 Å². The van der Waals surface area contributed by atoms with Crippen molar-refractivity contribution < 1.29 is 54.1 Å². The van der Waals surface area contributed by atoms with Gasteiger partial charge in [-0.05, 0) is 61.8 Å². The van der Waals surface area contributed by atoms with E-state index in [2.05, 4.69) is 0 Å². The predicted octanol–water partition coefficient (Wildman–Crippen LogP) is 1.52. The van der Waals surface area contributed by atoms with Crippen molar-refractivity contribution in [3.05, 3.63) is 57.9 Å². The van der Waals surface area contributed by atoms with Gasteiger partial charge in [0.25, 0.3) is 0 Å². The van der Waals surface area contributed by atoms with Gasteiger partial charge in [-0.2, -0.15) is 0 Å². The van der Waals surface area contributed by atoms with Gasteiger partial charge >= 0.3 is 29.6 Å². The molecule has 5 nitrogen and oxygen atoms in total. The third kappa shape index (κ3) is 6.09. The number of halogens is 1. The van der Waals surface area contributed by atoms with E-state index in [-0.39, 0.29) is 41.8 Å². The Morgan fingerprint density at radius 3 is 2.58 bits per heavy atom. The van der Waals surface area contributed by atoms with Gasteiger partial charge in [0.05, 0.1) is 17.9 Å². The molecule has 0 unspecified atom stereocenters. The zero-order valence-electron chi connectivity index (χ0n) is 20.5. The van der Waals surface area contributed by atoms with E-state index < -0.39 is 24.6 Å². The first-order valence-electron chi connectivity index (χ1n) is 12.4. The van der Waals surface area contributed by atoms with E-state index in [9.17, 15) is 24.5 Å². The van der Waals surface area contributed by atoms with Gasteiger partial charge in [-0.25, -0.2) is 9.37 Å². The summed E-state index contributed by atoms with van der Waals surface area (Å²) in [5, 5.41) is 32.3. The molecule has 36 heavy (non-hydrogen) atoms. The Hall–Kier alpha value is -1.61. The molecule has 2 N–H and O–H groups in total. The first kappa shape index (κ1) is 27.4. The number of fused-ring (bicyclic) bond motifs is 3. The maximum atomic E-state index is 13.8. The minimum absolute atomic E-state index is 0. The molecule has 0 bridgehead atoms. The molecular formula is C28H29FNNaO4S. The number of pyridine rings is 1. The summed E-state index contributed by atoms with van der Waals surface area (Å²) in [7, 11) is 0. The van der Waals surface area contributed by atoms with Crippen molar-refractivity contribution in [2.24, 2.45) is 0 Å². The van der Waals surface area contributed by atoms with Crippen LogP contribution in [0.25, 0.3) is 27.4 Å². The molecule has 2 aliphatic rings. The summed E-state index contributed by atoms with van der Waals surface area (Å²) in [6, 6.07) is 6.56. The molecule has 2 atom stereocenters. The van der Waals surface area contributed by atoms with Crippen molar-refractivity contribution in [1.29, 1.82) is 0 Å². The molecule has 5 rings (SSSR count). The Balaban J connectivity index is 0.00000304. The number of nitrogens with zero attached hydrogens (tertiary/aromatic N) is 1. The fraction of sp³-hybridized carbons (Fsp3) is 0.429. The number of hydrogen-bond acceptors (Lipinski definition) is 6. The number of carbonyl (C=O) groups excluding carboxylic acids is 1.